The number of nitrogens with one attached hydrogen (secondary N) is 1. The fourth-order valence-electron chi connectivity index (χ4n) is 3.13. The average Bonchev–Trinajstić information content (AvgIpc) is 3.31. The Morgan fingerprint density at radius 1 is 1.28 bits per heavy atom. The van der Waals surface area contributed by atoms with Gasteiger partial charge in [0.1, 0.15) is 5.01 Å². The maximum absolute atomic E-state index is 12.5. The lowest BCUT2D eigenvalue weighted by molar-refractivity contribution is -0.117. The molecule has 0 aliphatic carbocycles. The quantitative estimate of drug-likeness (QED) is 0.481. The first kappa shape index (κ1) is 20.2. The third-order valence-electron chi connectivity index (χ3n) is 4.72. The van der Waals surface area contributed by atoms with Crippen LogP contribution < -0.4 is 10.2 Å². The molecule has 0 saturated carbocycles. The van der Waals surface area contributed by atoms with Crippen LogP contribution in [0.2, 0.25) is 5.02 Å². The first-order chi connectivity index (χ1) is 13.9. The molecule has 1 atom stereocenters. The van der Waals surface area contributed by atoms with E-state index in [1.807, 2.05) is 43.3 Å². The molecule has 1 N–H and O–H groups in total. The summed E-state index contributed by atoms with van der Waals surface area (Å²) in [7, 11) is 0. The van der Waals surface area contributed by atoms with Gasteiger partial charge in [0.2, 0.25) is 11.0 Å². The SMILES string of the molecule is Cc1ccc(N2CC(c3nnc(NC(=O)c4ccccc4I)s3)CC2=O)cc1Cl. The highest BCUT2D eigenvalue weighted by molar-refractivity contribution is 14.1. The zero-order chi connectivity index (χ0) is 20.5. The Hall–Kier alpha value is -2.04. The summed E-state index contributed by atoms with van der Waals surface area (Å²) in [6.07, 6.45) is 0.352. The first-order valence-electron chi connectivity index (χ1n) is 8.88. The highest BCUT2D eigenvalue weighted by Gasteiger charge is 2.34. The zero-order valence-corrected chi connectivity index (χ0v) is 19.1. The van der Waals surface area contributed by atoms with Gasteiger partial charge in [-0.2, -0.15) is 0 Å². The second kappa shape index (κ2) is 8.37. The molecule has 1 fully saturated rings. The molecule has 1 saturated heterocycles. The zero-order valence-electron chi connectivity index (χ0n) is 15.4. The van der Waals surface area contributed by atoms with Crippen LogP contribution >= 0.6 is 45.5 Å². The smallest absolute Gasteiger partial charge is 0.258 e. The van der Waals surface area contributed by atoms with Crippen molar-refractivity contribution in [1.29, 1.82) is 0 Å². The van der Waals surface area contributed by atoms with Crippen molar-refractivity contribution >= 4 is 68.2 Å². The van der Waals surface area contributed by atoms with E-state index in [0.717, 1.165) is 19.8 Å². The van der Waals surface area contributed by atoms with Gasteiger partial charge in [-0.05, 0) is 59.3 Å². The van der Waals surface area contributed by atoms with Crippen molar-refractivity contribution < 1.29 is 9.59 Å². The summed E-state index contributed by atoms with van der Waals surface area (Å²) in [5.74, 6) is -0.270. The van der Waals surface area contributed by atoms with E-state index < -0.39 is 0 Å². The van der Waals surface area contributed by atoms with Crippen LogP contribution in [0.3, 0.4) is 0 Å². The van der Waals surface area contributed by atoms with Crippen molar-refractivity contribution in [3.63, 3.8) is 0 Å². The summed E-state index contributed by atoms with van der Waals surface area (Å²) in [4.78, 5) is 26.7. The molecule has 0 bridgehead atoms. The molecular formula is C20H16ClIN4O2S. The van der Waals surface area contributed by atoms with Gasteiger partial charge in [0.15, 0.2) is 0 Å². The number of carbonyl (C=O) groups excluding carboxylic acids is 2. The molecule has 4 rings (SSSR count). The molecule has 9 heteroatoms. The van der Waals surface area contributed by atoms with E-state index in [2.05, 4.69) is 38.1 Å². The lowest BCUT2D eigenvalue weighted by atomic mass is 10.1. The van der Waals surface area contributed by atoms with Crippen molar-refractivity contribution in [1.82, 2.24) is 10.2 Å². The van der Waals surface area contributed by atoms with E-state index in [-0.39, 0.29) is 17.7 Å². The molecule has 6 nitrogen and oxygen atoms in total. The van der Waals surface area contributed by atoms with E-state index in [0.29, 0.717) is 28.7 Å². The molecular weight excluding hydrogens is 523 g/mol. The van der Waals surface area contributed by atoms with Gasteiger partial charge >= 0.3 is 0 Å². The number of halogens is 2. The largest absolute Gasteiger partial charge is 0.312 e. The van der Waals surface area contributed by atoms with Gasteiger partial charge in [0.05, 0.1) is 5.56 Å². The number of anilines is 2. The average molecular weight is 539 g/mol. The fourth-order valence-corrected chi connectivity index (χ4v) is 4.77. The molecule has 148 valence electrons. The van der Waals surface area contributed by atoms with Crippen LogP contribution in [-0.2, 0) is 4.79 Å². The molecule has 0 radical (unpaired) electrons. The Labute approximate surface area is 190 Å². The van der Waals surface area contributed by atoms with Crippen molar-refractivity contribution in [3.05, 3.63) is 67.2 Å². The lowest BCUT2D eigenvalue weighted by Crippen LogP contribution is -2.24. The van der Waals surface area contributed by atoms with E-state index >= 15 is 0 Å². The predicted octanol–water partition coefficient (Wildman–Crippen LogP) is 4.88. The number of hydrogen-bond donors (Lipinski definition) is 1. The van der Waals surface area contributed by atoms with E-state index in [1.54, 1.807) is 11.0 Å². The normalized spacial score (nSPS) is 16.3. The molecule has 3 aromatic rings. The van der Waals surface area contributed by atoms with Crippen LogP contribution in [0.15, 0.2) is 42.5 Å². The van der Waals surface area contributed by atoms with Gasteiger partial charge in [-0.1, -0.05) is 41.1 Å². The van der Waals surface area contributed by atoms with Crippen LogP contribution in [0.4, 0.5) is 10.8 Å². The fraction of sp³-hybridized carbons (Fsp3) is 0.200. The standard InChI is InChI=1S/C20H16ClIN4O2S/c1-11-6-7-13(9-15(11)21)26-10-12(8-17(26)27)19-24-25-20(29-19)23-18(28)14-4-2-3-5-16(14)22/h2-7,9,12H,8,10H2,1H3,(H,23,25,28). The lowest BCUT2D eigenvalue weighted by Gasteiger charge is -2.17. The highest BCUT2D eigenvalue weighted by Crippen LogP contribution is 2.35. The molecule has 2 heterocycles. The minimum Gasteiger partial charge on any atom is -0.312 e. The monoisotopic (exact) mass is 538 g/mol. The molecule has 2 amide bonds. The van der Waals surface area contributed by atoms with Gasteiger partial charge in [-0.3, -0.25) is 14.9 Å². The molecule has 1 aliphatic rings. The second-order valence-electron chi connectivity index (χ2n) is 6.72. The van der Waals surface area contributed by atoms with E-state index in [9.17, 15) is 9.59 Å². The number of amides is 2. The van der Waals surface area contributed by atoms with Gasteiger partial charge in [-0.15, -0.1) is 10.2 Å². The van der Waals surface area contributed by atoms with Gasteiger partial charge in [0, 0.05) is 33.2 Å². The van der Waals surface area contributed by atoms with Crippen LogP contribution in [0.5, 0.6) is 0 Å². The summed E-state index contributed by atoms with van der Waals surface area (Å²) in [5.41, 5.74) is 2.34. The van der Waals surface area contributed by atoms with Gasteiger partial charge in [0.25, 0.3) is 5.91 Å². The maximum atomic E-state index is 12.5. The number of hydrogen-bond acceptors (Lipinski definition) is 5. The Kier molecular flexibility index (Phi) is 5.84. The summed E-state index contributed by atoms with van der Waals surface area (Å²) in [6, 6.07) is 12.9. The van der Waals surface area contributed by atoms with Crippen molar-refractivity contribution in [2.24, 2.45) is 0 Å². The third kappa shape index (κ3) is 4.29. The van der Waals surface area contributed by atoms with Gasteiger partial charge < -0.3 is 4.90 Å². The number of aromatic nitrogens is 2. The topological polar surface area (TPSA) is 75.2 Å². The predicted molar refractivity (Wildman–Crippen MR) is 123 cm³/mol. The Balaban J connectivity index is 1.47. The second-order valence-corrected chi connectivity index (χ2v) is 9.30. The van der Waals surface area contributed by atoms with Crippen LogP contribution in [-0.4, -0.2) is 28.6 Å². The maximum Gasteiger partial charge on any atom is 0.258 e. The number of benzene rings is 2. The molecule has 1 aliphatic heterocycles. The van der Waals surface area contributed by atoms with Crippen LogP contribution in [0, 0.1) is 10.5 Å². The summed E-state index contributed by atoms with van der Waals surface area (Å²) in [6.45, 7) is 2.44. The minimum absolute atomic E-state index is 0.0227. The highest BCUT2D eigenvalue weighted by atomic mass is 127. The molecule has 0 spiro atoms. The van der Waals surface area contributed by atoms with Crippen LogP contribution in [0.1, 0.15) is 33.3 Å². The molecule has 29 heavy (non-hydrogen) atoms. The van der Waals surface area contributed by atoms with E-state index in [1.165, 1.54) is 11.3 Å². The van der Waals surface area contributed by atoms with E-state index in [4.69, 9.17) is 11.6 Å². The van der Waals surface area contributed by atoms with Gasteiger partial charge in [-0.25, -0.2) is 0 Å². The summed E-state index contributed by atoms with van der Waals surface area (Å²) >= 11 is 9.63. The van der Waals surface area contributed by atoms with Crippen molar-refractivity contribution in [3.8, 4) is 0 Å². The number of nitrogens with zero attached hydrogens (tertiary/aromatic N) is 3. The number of carbonyl (C=O) groups is 2. The number of aryl methyl sites for hydroxylation is 1. The molecule has 2 aromatic carbocycles. The van der Waals surface area contributed by atoms with Crippen LogP contribution in [0.25, 0.3) is 0 Å². The first-order valence-corrected chi connectivity index (χ1v) is 11.2. The summed E-state index contributed by atoms with van der Waals surface area (Å²) in [5, 5.41) is 12.9. The Morgan fingerprint density at radius 3 is 2.83 bits per heavy atom. The number of rotatable bonds is 4. The summed E-state index contributed by atoms with van der Waals surface area (Å²) < 4.78 is 0.862. The Morgan fingerprint density at radius 2 is 2.07 bits per heavy atom. The molecule has 1 unspecified atom stereocenters. The molecule has 1 aromatic heterocycles. The van der Waals surface area contributed by atoms with Crippen molar-refractivity contribution in [2.75, 3.05) is 16.8 Å². The Bertz CT molecular complexity index is 1100. The van der Waals surface area contributed by atoms with Crippen molar-refractivity contribution in [2.45, 2.75) is 19.3 Å². The minimum atomic E-state index is -0.226. The third-order valence-corrected chi connectivity index (χ3v) is 7.07.